The maximum absolute atomic E-state index is 12.1. The van der Waals surface area contributed by atoms with Crippen molar-refractivity contribution in [2.24, 2.45) is 5.92 Å². The molecule has 2 amide bonds. The maximum atomic E-state index is 12.1. The van der Waals surface area contributed by atoms with Crippen molar-refractivity contribution in [1.29, 1.82) is 0 Å². The van der Waals surface area contributed by atoms with Crippen molar-refractivity contribution in [2.45, 2.75) is 65.6 Å². The summed E-state index contributed by atoms with van der Waals surface area (Å²) in [6.07, 6.45) is 2.29. The van der Waals surface area contributed by atoms with E-state index >= 15 is 0 Å². The summed E-state index contributed by atoms with van der Waals surface area (Å²) in [5.74, 6) is 0.663. The van der Waals surface area contributed by atoms with Gasteiger partial charge in [-0.05, 0) is 57.2 Å². The minimum absolute atomic E-state index is 0.0857. The molecule has 6 heteroatoms. The summed E-state index contributed by atoms with van der Waals surface area (Å²) < 4.78 is 5.16. The van der Waals surface area contributed by atoms with E-state index in [9.17, 15) is 9.59 Å². The minimum Gasteiger partial charge on any atom is -0.444 e. The lowest BCUT2D eigenvalue weighted by molar-refractivity contribution is -0.121. The molecule has 0 aliphatic carbocycles. The van der Waals surface area contributed by atoms with Gasteiger partial charge in [0, 0.05) is 32.6 Å². The first-order valence-corrected chi connectivity index (χ1v) is 10.3. The van der Waals surface area contributed by atoms with Gasteiger partial charge in [0.05, 0.1) is 0 Å². The fraction of sp³-hybridized carbons (Fsp3) is 0.636. The normalized spacial score (nSPS) is 17.8. The molecule has 1 saturated heterocycles. The Balaban J connectivity index is 1.76. The number of carbonyl (C=O) groups excluding carboxylic acids is 2. The number of hydrogen-bond donors (Lipinski definition) is 2. The van der Waals surface area contributed by atoms with Gasteiger partial charge in [-0.3, -0.25) is 9.69 Å². The van der Waals surface area contributed by atoms with Crippen molar-refractivity contribution in [3.05, 3.63) is 35.4 Å². The Hall–Kier alpha value is -2.08. The lowest BCUT2D eigenvalue weighted by Crippen LogP contribution is -2.35. The second-order valence-electron chi connectivity index (χ2n) is 8.71. The molecular formula is C22H35N3O3. The third-order valence-electron chi connectivity index (χ3n) is 4.75. The van der Waals surface area contributed by atoms with Gasteiger partial charge in [0.1, 0.15) is 5.60 Å². The van der Waals surface area contributed by atoms with Crippen molar-refractivity contribution >= 4 is 12.0 Å². The van der Waals surface area contributed by atoms with E-state index in [1.54, 1.807) is 20.8 Å². The zero-order valence-corrected chi connectivity index (χ0v) is 17.7. The monoisotopic (exact) mass is 389 g/mol. The molecule has 0 spiro atoms. The van der Waals surface area contributed by atoms with Crippen LogP contribution >= 0.6 is 0 Å². The van der Waals surface area contributed by atoms with Crippen LogP contribution in [0.4, 0.5) is 4.79 Å². The summed E-state index contributed by atoms with van der Waals surface area (Å²) in [5, 5.41) is 5.57. The van der Waals surface area contributed by atoms with E-state index in [-0.39, 0.29) is 18.9 Å². The number of rotatable bonds is 7. The second kappa shape index (κ2) is 10.5. The van der Waals surface area contributed by atoms with Crippen LogP contribution in [0.5, 0.6) is 0 Å². The number of ether oxygens (including phenoxy) is 1. The molecule has 2 rings (SSSR count). The van der Waals surface area contributed by atoms with Crippen LogP contribution in [0, 0.1) is 5.92 Å². The second-order valence-corrected chi connectivity index (χ2v) is 8.71. The van der Waals surface area contributed by atoms with Crippen molar-refractivity contribution in [3.63, 3.8) is 0 Å². The maximum Gasteiger partial charge on any atom is 0.407 e. The lowest BCUT2D eigenvalue weighted by Gasteiger charge is -2.31. The average molecular weight is 390 g/mol. The molecule has 0 aromatic heterocycles. The van der Waals surface area contributed by atoms with E-state index < -0.39 is 11.7 Å². The van der Waals surface area contributed by atoms with Gasteiger partial charge in [0.15, 0.2) is 0 Å². The molecule has 1 unspecified atom stereocenters. The number of likely N-dealkylation sites (tertiary alicyclic amines) is 1. The van der Waals surface area contributed by atoms with Crippen LogP contribution < -0.4 is 10.6 Å². The largest absolute Gasteiger partial charge is 0.444 e. The van der Waals surface area contributed by atoms with Crippen molar-refractivity contribution in [1.82, 2.24) is 15.5 Å². The summed E-state index contributed by atoms with van der Waals surface area (Å²) in [4.78, 5) is 26.2. The summed E-state index contributed by atoms with van der Waals surface area (Å²) in [7, 11) is 0. The number of nitrogens with one attached hydrogen (secondary N) is 2. The first kappa shape index (κ1) is 22.2. The Morgan fingerprint density at radius 2 is 1.89 bits per heavy atom. The third-order valence-corrected chi connectivity index (χ3v) is 4.75. The first-order valence-electron chi connectivity index (χ1n) is 10.3. The molecule has 1 aromatic rings. The molecule has 0 saturated carbocycles. The highest BCUT2D eigenvalue weighted by Gasteiger charge is 2.18. The number of nitrogens with zero attached hydrogens (tertiary/aromatic N) is 1. The summed E-state index contributed by atoms with van der Waals surface area (Å²) in [6.45, 7) is 11.7. The molecule has 28 heavy (non-hydrogen) atoms. The van der Waals surface area contributed by atoms with E-state index in [4.69, 9.17) is 4.74 Å². The van der Waals surface area contributed by atoms with Crippen molar-refractivity contribution < 1.29 is 14.3 Å². The van der Waals surface area contributed by atoms with E-state index in [1.165, 1.54) is 18.4 Å². The molecular weight excluding hydrogens is 354 g/mol. The fourth-order valence-electron chi connectivity index (χ4n) is 3.43. The number of benzene rings is 1. The predicted octanol–water partition coefficient (Wildman–Crippen LogP) is 3.45. The van der Waals surface area contributed by atoms with E-state index in [0.717, 1.165) is 31.1 Å². The minimum atomic E-state index is -0.539. The van der Waals surface area contributed by atoms with Gasteiger partial charge in [0.2, 0.25) is 5.91 Å². The smallest absolute Gasteiger partial charge is 0.407 e. The quantitative estimate of drug-likeness (QED) is 0.749. The topological polar surface area (TPSA) is 70.7 Å². The van der Waals surface area contributed by atoms with Crippen molar-refractivity contribution in [2.75, 3.05) is 19.6 Å². The molecule has 1 aliphatic rings. The van der Waals surface area contributed by atoms with Crippen molar-refractivity contribution in [3.8, 4) is 0 Å². The molecule has 6 nitrogen and oxygen atoms in total. The number of amides is 2. The van der Waals surface area contributed by atoms with Crippen LogP contribution in [0.2, 0.25) is 0 Å². The highest BCUT2D eigenvalue weighted by molar-refractivity contribution is 5.77. The van der Waals surface area contributed by atoms with Crippen LogP contribution in [0.1, 0.15) is 58.1 Å². The van der Waals surface area contributed by atoms with E-state index in [0.29, 0.717) is 6.54 Å². The van der Waals surface area contributed by atoms with Gasteiger partial charge >= 0.3 is 6.09 Å². The standard InChI is InChI=1S/C22H35N3O3/c1-17-8-7-13-25(15-17)16-19-10-6-5-9-18(19)14-24-20(26)11-12-23-21(27)28-22(2,3)4/h5-6,9-10,17H,7-8,11-16H2,1-4H3,(H,23,27)(H,24,26). The molecule has 2 N–H and O–H groups in total. The van der Waals surface area contributed by atoms with Gasteiger partial charge in [-0.1, -0.05) is 31.2 Å². The van der Waals surface area contributed by atoms with Gasteiger partial charge < -0.3 is 15.4 Å². The van der Waals surface area contributed by atoms with Crippen LogP contribution in [-0.2, 0) is 22.6 Å². The average Bonchev–Trinajstić information content (AvgIpc) is 2.59. The van der Waals surface area contributed by atoms with Crippen LogP contribution in [0.25, 0.3) is 0 Å². The van der Waals surface area contributed by atoms with E-state index in [2.05, 4.69) is 40.7 Å². The molecule has 1 aromatic carbocycles. The summed E-state index contributed by atoms with van der Waals surface area (Å²) in [5.41, 5.74) is 1.88. The SMILES string of the molecule is CC1CCCN(Cc2ccccc2CNC(=O)CCNC(=O)OC(C)(C)C)C1. The van der Waals surface area contributed by atoms with Gasteiger partial charge in [0.25, 0.3) is 0 Å². The highest BCUT2D eigenvalue weighted by atomic mass is 16.6. The van der Waals surface area contributed by atoms with E-state index in [1.807, 2.05) is 6.07 Å². The van der Waals surface area contributed by atoms with Gasteiger partial charge in [-0.15, -0.1) is 0 Å². The molecule has 0 bridgehead atoms. The Bertz CT molecular complexity index is 655. The fourth-order valence-corrected chi connectivity index (χ4v) is 3.43. The first-order chi connectivity index (χ1) is 13.2. The zero-order valence-electron chi connectivity index (χ0n) is 17.7. The molecule has 1 fully saturated rings. The summed E-state index contributed by atoms with van der Waals surface area (Å²) >= 11 is 0. The number of carbonyl (C=O) groups is 2. The van der Waals surface area contributed by atoms with Gasteiger partial charge in [-0.2, -0.15) is 0 Å². The Morgan fingerprint density at radius 3 is 2.57 bits per heavy atom. The van der Waals surface area contributed by atoms with Gasteiger partial charge in [-0.25, -0.2) is 4.79 Å². The van der Waals surface area contributed by atoms with Crippen LogP contribution in [-0.4, -0.2) is 42.1 Å². The molecule has 1 atom stereocenters. The highest BCUT2D eigenvalue weighted by Crippen LogP contribution is 2.19. The Labute approximate surface area is 169 Å². The summed E-state index contributed by atoms with van der Waals surface area (Å²) in [6, 6.07) is 8.28. The number of piperidine rings is 1. The number of alkyl carbamates (subject to hydrolysis) is 1. The molecule has 156 valence electrons. The van der Waals surface area contributed by atoms with Crippen LogP contribution in [0.3, 0.4) is 0 Å². The Morgan fingerprint density at radius 1 is 1.18 bits per heavy atom. The molecule has 1 aliphatic heterocycles. The third kappa shape index (κ3) is 8.30. The lowest BCUT2D eigenvalue weighted by atomic mass is 9.99. The zero-order chi connectivity index (χ0) is 20.6. The Kier molecular flexibility index (Phi) is 8.30. The molecule has 0 radical (unpaired) electrons. The predicted molar refractivity (Wildman–Crippen MR) is 111 cm³/mol. The molecule has 1 heterocycles. The number of hydrogen-bond acceptors (Lipinski definition) is 4. The van der Waals surface area contributed by atoms with Crippen LogP contribution in [0.15, 0.2) is 24.3 Å².